The van der Waals surface area contributed by atoms with E-state index in [1.54, 1.807) is 42.5 Å². The van der Waals surface area contributed by atoms with Gasteiger partial charge in [-0.1, -0.05) is 30.1 Å². The maximum Gasteiger partial charge on any atom is 0.269 e. The lowest BCUT2D eigenvalue weighted by molar-refractivity contribution is -0.120. The molecule has 0 radical (unpaired) electrons. The van der Waals surface area contributed by atoms with Crippen LogP contribution in [0.5, 0.6) is 5.75 Å². The molecule has 0 aliphatic heterocycles. The first kappa shape index (κ1) is 26.4. The fraction of sp³-hybridized carbons (Fsp3) is 0.273. The number of carbonyl (C=O) groups excluding carboxylic acids is 3. The van der Waals surface area contributed by atoms with Gasteiger partial charge in [-0.05, 0) is 67.5 Å². The molecular weight excluding hydrogens is 487 g/mol. The van der Waals surface area contributed by atoms with E-state index in [0.29, 0.717) is 39.9 Å². The van der Waals surface area contributed by atoms with Gasteiger partial charge in [-0.15, -0.1) is 0 Å². The van der Waals surface area contributed by atoms with Crippen LogP contribution in [0.3, 0.4) is 0 Å². The molecule has 33 heavy (non-hydrogen) atoms. The molecule has 0 saturated carbocycles. The zero-order valence-corrected chi connectivity index (χ0v) is 20.2. The number of halogens is 2. The van der Waals surface area contributed by atoms with E-state index in [1.807, 2.05) is 6.92 Å². The van der Waals surface area contributed by atoms with Crippen LogP contribution in [0.4, 0.5) is 5.69 Å². The monoisotopic (exact) mass is 510 g/mol. The van der Waals surface area contributed by atoms with Crippen LogP contribution in [0.25, 0.3) is 0 Å². The summed E-state index contributed by atoms with van der Waals surface area (Å²) in [7, 11) is 0. The Kier molecular flexibility index (Phi) is 10.9. The van der Waals surface area contributed by atoms with E-state index in [2.05, 4.69) is 21.5 Å². The van der Waals surface area contributed by atoms with E-state index in [9.17, 15) is 14.4 Å². The number of amides is 3. The summed E-state index contributed by atoms with van der Waals surface area (Å²) in [5.41, 5.74) is 5.83. The minimum atomic E-state index is -0.453. The van der Waals surface area contributed by atoms with Crippen molar-refractivity contribution in [2.75, 3.05) is 11.9 Å². The maximum absolute atomic E-state index is 12.2. The molecule has 0 spiro atoms. The van der Waals surface area contributed by atoms with Crippen LogP contribution in [0.15, 0.2) is 42.5 Å². The molecule has 0 aromatic heterocycles. The van der Waals surface area contributed by atoms with Crippen molar-refractivity contribution in [1.82, 2.24) is 16.2 Å². The first-order chi connectivity index (χ1) is 15.8. The summed E-state index contributed by atoms with van der Waals surface area (Å²) in [5, 5.41) is 6.06. The predicted octanol–water partition coefficient (Wildman–Crippen LogP) is 4.23. The zero-order valence-electron chi connectivity index (χ0n) is 17.9. The molecule has 0 fully saturated rings. The molecule has 2 aromatic carbocycles. The minimum Gasteiger partial charge on any atom is -0.492 e. The van der Waals surface area contributed by atoms with Crippen molar-refractivity contribution >= 4 is 63.9 Å². The Bertz CT molecular complexity index is 1000. The third-order valence-electron chi connectivity index (χ3n) is 4.15. The number of hydrazine groups is 1. The quantitative estimate of drug-likeness (QED) is 0.228. The Labute approximate surface area is 207 Å². The molecule has 2 aromatic rings. The summed E-state index contributed by atoms with van der Waals surface area (Å²) >= 11 is 16.9. The van der Waals surface area contributed by atoms with Crippen LogP contribution in [0.2, 0.25) is 10.0 Å². The second-order valence-corrected chi connectivity index (χ2v) is 8.11. The van der Waals surface area contributed by atoms with Gasteiger partial charge < -0.3 is 15.4 Å². The predicted molar refractivity (Wildman–Crippen MR) is 133 cm³/mol. The normalized spacial score (nSPS) is 10.2. The van der Waals surface area contributed by atoms with Crippen LogP contribution >= 0.6 is 35.4 Å². The summed E-state index contributed by atoms with van der Waals surface area (Å²) in [6.45, 7) is 2.20. The van der Waals surface area contributed by atoms with Crippen molar-refractivity contribution in [1.29, 1.82) is 0 Å². The number of hydrogen-bond acceptors (Lipinski definition) is 5. The molecule has 11 heteroatoms. The molecule has 0 saturated heterocycles. The van der Waals surface area contributed by atoms with E-state index in [1.165, 1.54) is 0 Å². The fourth-order valence-electron chi connectivity index (χ4n) is 2.57. The maximum atomic E-state index is 12.2. The van der Waals surface area contributed by atoms with E-state index < -0.39 is 5.91 Å². The number of ether oxygens (including phenoxy) is 1. The van der Waals surface area contributed by atoms with Gasteiger partial charge in [0, 0.05) is 29.1 Å². The number of carbonyl (C=O) groups is 3. The van der Waals surface area contributed by atoms with E-state index >= 15 is 0 Å². The van der Waals surface area contributed by atoms with Gasteiger partial charge in [-0.3, -0.25) is 25.2 Å². The zero-order chi connectivity index (χ0) is 24.2. The fourth-order valence-corrected chi connectivity index (χ4v) is 3.20. The first-order valence-electron chi connectivity index (χ1n) is 10.2. The first-order valence-corrected chi connectivity index (χ1v) is 11.3. The standard InChI is InChI=1S/C22H24Cl2N4O4S/c1-2-4-19(29)25-16-9-6-14(7-10-16)21(31)27-28-22(33)26-20(30)5-3-12-32-18-11-8-15(23)13-17(18)24/h6-11,13H,2-5,12H2,1H3,(H,25,29)(H,27,31)(H2,26,28,30,33). The average molecular weight is 511 g/mol. The van der Waals surface area contributed by atoms with Crippen molar-refractivity contribution < 1.29 is 19.1 Å². The van der Waals surface area contributed by atoms with Crippen LogP contribution in [-0.2, 0) is 9.59 Å². The molecule has 8 nitrogen and oxygen atoms in total. The summed E-state index contributed by atoms with van der Waals surface area (Å²) < 4.78 is 5.52. The Morgan fingerprint density at radius 1 is 0.970 bits per heavy atom. The average Bonchev–Trinajstić information content (AvgIpc) is 2.77. The smallest absolute Gasteiger partial charge is 0.269 e. The van der Waals surface area contributed by atoms with Gasteiger partial charge in [-0.25, -0.2) is 0 Å². The number of nitrogens with one attached hydrogen (secondary N) is 4. The number of thiocarbonyl (C=S) groups is 1. The number of hydrogen-bond donors (Lipinski definition) is 4. The molecule has 3 amide bonds. The van der Waals surface area contributed by atoms with Gasteiger partial charge >= 0.3 is 0 Å². The molecule has 2 rings (SSSR count). The summed E-state index contributed by atoms with van der Waals surface area (Å²) in [5.74, 6) is -0.387. The lowest BCUT2D eigenvalue weighted by atomic mass is 10.2. The Morgan fingerprint density at radius 3 is 2.36 bits per heavy atom. The third-order valence-corrected chi connectivity index (χ3v) is 4.88. The molecule has 0 aliphatic rings. The number of anilines is 1. The van der Waals surface area contributed by atoms with Crippen LogP contribution in [0, 0.1) is 0 Å². The van der Waals surface area contributed by atoms with Gasteiger partial charge in [-0.2, -0.15) is 0 Å². The second kappa shape index (κ2) is 13.6. The minimum absolute atomic E-state index is 0.0431. The second-order valence-electron chi connectivity index (χ2n) is 6.86. The largest absolute Gasteiger partial charge is 0.492 e. The van der Waals surface area contributed by atoms with Gasteiger partial charge in [0.2, 0.25) is 11.8 Å². The summed E-state index contributed by atoms with van der Waals surface area (Å²) in [6.07, 6.45) is 1.77. The molecule has 0 atom stereocenters. The molecular formula is C22H24Cl2N4O4S. The summed E-state index contributed by atoms with van der Waals surface area (Å²) in [6, 6.07) is 11.3. The number of benzene rings is 2. The lowest BCUT2D eigenvalue weighted by Crippen LogP contribution is -2.48. The van der Waals surface area contributed by atoms with Crippen LogP contribution in [0.1, 0.15) is 43.0 Å². The van der Waals surface area contributed by atoms with Crippen LogP contribution in [-0.4, -0.2) is 29.4 Å². The Hall–Kier alpha value is -2.88. The van der Waals surface area contributed by atoms with Gasteiger partial charge in [0.1, 0.15) is 5.75 Å². The highest BCUT2D eigenvalue weighted by Crippen LogP contribution is 2.27. The van der Waals surface area contributed by atoms with E-state index in [4.69, 9.17) is 40.2 Å². The van der Waals surface area contributed by atoms with Crippen LogP contribution < -0.4 is 26.2 Å². The molecule has 0 bridgehead atoms. The SMILES string of the molecule is CCCC(=O)Nc1ccc(C(=O)NNC(=S)NC(=O)CCCOc2ccc(Cl)cc2Cl)cc1. The van der Waals surface area contributed by atoms with Crippen molar-refractivity contribution in [2.45, 2.75) is 32.6 Å². The topological polar surface area (TPSA) is 109 Å². The van der Waals surface area contributed by atoms with Crippen molar-refractivity contribution in [3.63, 3.8) is 0 Å². The molecule has 0 heterocycles. The highest BCUT2D eigenvalue weighted by atomic mass is 35.5. The van der Waals surface area contributed by atoms with Gasteiger partial charge in [0.25, 0.3) is 5.91 Å². The van der Waals surface area contributed by atoms with Gasteiger partial charge in [0.05, 0.1) is 11.6 Å². The van der Waals surface area contributed by atoms with Crippen molar-refractivity contribution in [2.24, 2.45) is 0 Å². The highest BCUT2D eigenvalue weighted by Gasteiger charge is 2.09. The van der Waals surface area contributed by atoms with E-state index in [-0.39, 0.29) is 30.0 Å². The molecule has 0 aliphatic carbocycles. The Balaban J connectivity index is 1.66. The van der Waals surface area contributed by atoms with E-state index in [0.717, 1.165) is 6.42 Å². The molecule has 0 unspecified atom stereocenters. The van der Waals surface area contributed by atoms with Crippen molar-refractivity contribution in [3.8, 4) is 5.75 Å². The molecule has 176 valence electrons. The lowest BCUT2D eigenvalue weighted by Gasteiger charge is -2.12. The number of rotatable bonds is 9. The molecule has 4 N–H and O–H groups in total. The van der Waals surface area contributed by atoms with Gasteiger partial charge in [0.15, 0.2) is 5.11 Å². The Morgan fingerprint density at radius 2 is 1.70 bits per heavy atom. The highest BCUT2D eigenvalue weighted by molar-refractivity contribution is 7.80. The van der Waals surface area contributed by atoms with Crippen molar-refractivity contribution in [3.05, 3.63) is 58.1 Å². The summed E-state index contributed by atoms with van der Waals surface area (Å²) in [4.78, 5) is 35.8. The third kappa shape index (κ3) is 9.65.